The van der Waals surface area contributed by atoms with Crippen LogP contribution in [0.15, 0.2) is 59.6 Å². The maximum absolute atomic E-state index is 12.1. The highest BCUT2D eigenvalue weighted by atomic mass is 32.2. The highest BCUT2D eigenvalue weighted by Gasteiger charge is 2.61. The highest BCUT2D eigenvalue weighted by Crippen LogP contribution is 2.67. The summed E-state index contributed by atoms with van der Waals surface area (Å²) in [6.07, 6.45) is 30.0. The van der Waals surface area contributed by atoms with Gasteiger partial charge in [-0.1, -0.05) is 287 Å². The van der Waals surface area contributed by atoms with Gasteiger partial charge in [-0.2, -0.15) is 0 Å². The monoisotopic (exact) mass is 2150 g/mol. The number of aliphatic hydroxyl groups excluding tert-OH is 3. The topological polar surface area (TPSA) is 292 Å². The van der Waals surface area contributed by atoms with Crippen molar-refractivity contribution in [1.82, 2.24) is 25.1 Å². The van der Waals surface area contributed by atoms with Gasteiger partial charge in [-0.05, 0) is 322 Å². The van der Waals surface area contributed by atoms with Gasteiger partial charge in [0, 0.05) is 48.6 Å². The molecule has 4 N–H and O–H groups in total. The fourth-order valence-electron chi connectivity index (χ4n) is 22.1. The van der Waals surface area contributed by atoms with Gasteiger partial charge in [0.05, 0.1) is 102 Å². The molecule has 1 aromatic carbocycles. The molecular weight excluding hydrogens is 1920 g/mol. The first-order valence-electron chi connectivity index (χ1n) is 56.1. The van der Waals surface area contributed by atoms with Crippen molar-refractivity contribution in [2.24, 2.45) is 93.6 Å². The summed E-state index contributed by atoms with van der Waals surface area (Å²) in [5, 5.41) is 44.0. The van der Waals surface area contributed by atoms with E-state index in [1.165, 1.54) is 152 Å². The molecule has 2 atom stereocenters. The lowest BCUT2D eigenvalue weighted by atomic mass is 9.42. The van der Waals surface area contributed by atoms with Crippen LogP contribution in [0, 0.1) is 128 Å². The van der Waals surface area contributed by atoms with E-state index < -0.39 is 43.8 Å². The van der Waals surface area contributed by atoms with E-state index in [2.05, 4.69) is 270 Å². The van der Waals surface area contributed by atoms with Crippen molar-refractivity contribution in [1.29, 1.82) is 0 Å². The summed E-state index contributed by atoms with van der Waals surface area (Å²) < 4.78 is 100. The molecule has 864 valence electrons. The Kier molecular flexibility index (Phi) is 55.2. The summed E-state index contributed by atoms with van der Waals surface area (Å²) in [5.74, 6) is 3.36. The van der Waals surface area contributed by atoms with Crippen LogP contribution < -0.4 is 0 Å². The number of morpholine rings is 1. The van der Waals surface area contributed by atoms with Crippen molar-refractivity contribution in [3.8, 4) is 0 Å². The van der Waals surface area contributed by atoms with E-state index in [4.69, 9.17) is 38.2 Å². The molecule has 0 radical (unpaired) electrons. The zero-order valence-corrected chi connectivity index (χ0v) is 107. The van der Waals surface area contributed by atoms with Crippen LogP contribution in [0.3, 0.4) is 0 Å². The van der Waals surface area contributed by atoms with E-state index >= 15 is 0 Å². The Morgan fingerprint density at radius 1 is 0.476 bits per heavy atom. The van der Waals surface area contributed by atoms with Gasteiger partial charge in [-0.15, -0.1) is 11.3 Å². The smallest absolute Gasteiger partial charge is 0.194 e. The van der Waals surface area contributed by atoms with Gasteiger partial charge < -0.3 is 53.3 Å². The molecule has 4 aromatic rings. The van der Waals surface area contributed by atoms with Crippen molar-refractivity contribution >= 4 is 40.8 Å². The van der Waals surface area contributed by atoms with Gasteiger partial charge in [-0.25, -0.2) is 30.2 Å². The highest BCUT2D eigenvalue weighted by molar-refractivity contribution is 7.94. The minimum absolute atomic E-state index is 0.0816. The Bertz CT molecular complexity index is 4650. The number of benzene rings is 1. The molecule has 6 aliphatic carbocycles. The lowest BCUT2D eigenvalue weighted by Gasteiger charge is -2.64. The van der Waals surface area contributed by atoms with Crippen LogP contribution in [-0.2, 0) is 54.9 Å². The van der Waals surface area contributed by atoms with Gasteiger partial charge in [0.15, 0.2) is 41.0 Å². The fraction of sp³-hybridized carbons (Fsp3) is 0.877. The van der Waals surface area contributed by atoms with Crippen LogP contribution in [0.4, 0.5) is 0 Å². The Balaban J connectivity index is 0.000000801. The summed E-state index contributed by atoms with van der Waals surface area (Å²) in [6, 6.07) is 10.6. The van der Waals surface area contributed by atoms with Crippen molar-refractivity contribution in [3.05, 3.63) is 70.0 Å². The van der Waals surface area contributed by atoms with Crippen LogP contribution in [0.5, 0.6) is 0 Å². The molecule has 11 aliphatic rings. The molecule has 3 aromatic heterocycles. The molecule has 5 saturated heterocycles. The average Bonchev–Trinajstić information content (AvgIpc) is 1.63. The third-order valence-corrected chi connectivity index (χ3v) is 40.5. The Labute approximate surface area is 908 Å². The van der Waals surface area contributed by atoms with Crippen LogP contribution >= 0.6 is 11.3 Å². The first kappa shape index (κ1) is 142. The van der Waals surface area contributed by atoms with Gasteiger partial charge in [0.1, 0.15) is 14.0 Å². The first-order chi connectivity index (χ1) is 66.4. The maximum atomic E-state index is 12.1. The Hall–Kier alpha value is -3.28. The van der Waals surface area contributed by atoms with Crippen LogP contribution in [0.1, 0.15) is 459 Å². The molecule has 147 heavy (non-hydrogen) atoms. The summed E-state index contributed by atoms with van der Waals surface area (Å²) in [7, 11) is -8.90. The average molecular weight is 2150 g/mol. The maximum Gasteiger partial charge on any atom is 0.194 e. The van der Waals surface area contributed by atoms with Crippen LogP contribution in [0.2, 0.25) is 0 Å². The molecular formula is C122H231N5O16S4. The van der Waals surface area contributed by atoms with Gasteiger partial charge in [0.2, 0.25) is 0 Å². The van der Waals surface area contributed by atoms with E-state index in [0.29, 0.717) is 98.8 Å². The van der Waals surface area contributed by atoms with Crippen LogP contribution in [0.25, 0.3) is 0 Å². The van der Waals surface area contributed by atoms with E-state index in [0.717, 1.165) is 128 Å². The van der Waals surface area contributed by atoms with E-state index in [1.54, 1.807) is 90.0 Å². The number of likely N-dealkylation sites (tertiary alicyclic amines) is 1. The van der Waals surface area contributed by atoms with Crippen LogP contribution in [-0.4, -0.2) is 202 Å². The first-order valence-corrected chi connectivity index (χ1v) is 61.4. The quantitative estimate of drug-likeness (QED) is 0.102. The second-order valence-electron chi connectivity index (χ2n) is 59.1. The largest absolute Gasteiger partial charge is 0.400 e. The number of rotatable bonds is 12. The second kappa shape index (κ2) is 57.3. The third-order valence-electron chi connectivity index (χ3n) is 31.0. The number of hydrogen-bond donors (Lipinski definition) is 4. The Morgan fingerprint density at radius 3 is 1.22 bits per heavy atom. The van der Waals surface area contributed by atoms with Gasteiger partial charge in [0.25, 0.3) is 0 Å². The lowest BCUT2D eigenvalue weighted by Crippen LogP contribution is -2.59. The van der Waals surface area contributed by atoms with E-state index in [9.17, 15) is 35.5 Å². The lowest BCUT2D eigenvalue weighted by molar-refractivity contribution is -0.195. The number of aliphatic hydroxyl groups is 4. The Morgan fingerprint density at radius 2 is 0.939 bits per heavy atom. The third kappa shape index (κ3) is 47.2. The molecule has 8 heterocycles. The predicted molar refractivity (Wildman–Crippen MR) is 620 cm³/mol. The molecule has 11 fully saturated rings. The zero-order valence-electron chi connectivity index (χ0n) is 104. The number of ether oxygens (including phenoxy) is 4. The molecule has 25 heteroatoms. The number of thiazole rings is 1. The number of aryl methyl sites for hydroxylation is 5. The minimum atomic E-state index is -3.35. The SMILES string of the molecule is CC.CC(C)(C)C1(C)COC1.CC(C)(C)C1(CO)CCCC1.CC(C)(C)C12CC3CC(CC(O)(C3)C1)C2.CC(C)(C)C1CCCCC1.CC(C)(C)CC(C)(C)N1CCOCC1.CC(C)(C)CC1(C)COC1.CC(C)(C)CC1(CO)COC1.CC(C)(C)CCN1CCCC1.CC(C)(C)Cc1ccccc1.CO.Cc1nc(C)c(S(=O)(=O)C(C)(C)C)s1.Cc1noc(C)c1S(=O)(=O)C(C)(C)C.Cc1oncc1S(=O)(=O)C(C)(C)C. The molecule has 2 unspecified atom stereocenters. The molecule has 5 aliphatic heterocycles. The fourth-order valence-corrected chi connectivity index (χ4v) is 28.0. The summed E-state index contributed by atoms with van der Waals surface area (Å²) in [4.78, 5) is 9.68. The standard InChI is InChI=1S/C14H24O.C12H25NO.C11H16.C10H21N.C10H20O.C10H20.C9H15NO3S.C9H15NO2S2.C9H18O2.C9H18O.C8H13NO3S.C8H16O.C2H6.CH4O/c1-12(2,3)13-5-10-4-11(6-13)8-14(15,7-10)9-13;1-11(2,3)10-12(4,5)13-6-8-14-9-7-13;1-11(2,3)9-10-7-5-4-6-8-10;1-10(2,3)6-9-11-7-4-5-8-11;1-9(2,3)10(8-11)6-4-5-7-10;1-10(2,3)9-7-5-4-6-8-9;1-6-8(7(2)13-10-6)14(11,12)9(3,4)5;1-6-8(13-7(2)10-6)14(11,12)9(3,4)5;1-8(2,3)4-9(5-10)6-11-7-9;1-8(2,3)5-9(4)6-10-7-9;1-6-7(5-9-12-6)13(10,11)8(2,3)4;1-7(2,3)8(4)5-9-6-8;2*1-2/h10-11,15H,4-9H2,1-3H3;6-10H2,1-5H3;4-8H,9H2,1-3H3;4-9H2,1-3H3;11H,4-8H2,1-3H3;9H,4-8H2,1-3H3;2*1-5H3;10H,4-7H2,1-3H3;5-7H2,1-4H3;5H,1-4H3;5-6H2,1-4H3;1-2H3;2H,1H3. The molecule has 0 amide bonds. The van der Waals surface area contributed by atoms with Gasteiger partial charge in [-0.3, -0.25) is 4.90 Å². The summed E-state index contributed by atoms with van der Waals surface area (Å²) in [5.41, 5.74) is 7.89. The van der Waals surface area contributed by atoms with E-state index in [1.807, 2.05) is 20.8 Å². The molecule has 21 nitrogen and oxygen atoms in total. The normalized spacial score (nSPS) is 22.0. The number of hydrogen-bond acceptors (Lipinski definition) is 22. The molecule has 15 rings (SSSR count). The minimum Gasteiger partial charge on any atom is -0.400 e. The van der Waals surface area contributed by atoms with Crippen molar-refractivity contribution in [2.45, 2.75) is 506 Å². The number of nitrogens with zero attached hydrogens (tertiary/aromatic N) is 5. The van der Waals surface area contributed by atoms with Gasteiger partial charge >= 0.3 is 0 Å². The predicted octanol–water partition coefficient (Wildman–Crippen LogP) is 30.2. The van der Waals surface area contributed by atoms with Crippen molar-refractivity contribution in [3.63, 3.8) is 0 Å². The zero-order chi connectivity index (χ0) is 115. The number of sulfone groups is 3. The number of aromatic nitrogens is 3. The molecule has 6 saturated carbocycles. The molecule has 0 spiro atoms. The second-order valence-corrected chi connectivity index (χ2v) is 68.5. The van der Waals surface area contributed by atoms with E-state index in [-0.39, 0.29) is 38.2 Å². The van der Waals surface area contributed by atoms with Crippen molar-refractivity contribution in [2.75, 3.05) is 106 Å². The van der Waals surface area contributed by atoms with Crippen molar-refractivity contribution < 1.29 is 73.7 Å². The molecule has 4 bridgehead atoms. The summed E-state index contributed by atoms with van der Waals surface area (Å²) in [6.45, 7) is 113. The summed E-state index contributed by atoms with van der Waals surface area (Å²) >= 11 is 1.25.